The van der Waals surface area contributed by atoms with E-state index in [1.807, 2.05) is 4.90 Å². The fraction of sp³-hybridized carbons (Fsp3) is 0.692. The van der Waals surface area contributed by atoms with Crippen molar-refractivity contribution in [2.75, 3.05) is 31.7 Å². The van der Waals surface area contributed by atoms with Gasteiger partial charge in [0.25, 0.3) is 0 Å². The van der Waals surface area contributed by atoms with Crippen LogP contribution in [0, 0.1) is 16.0 Å². The van der Waals surface area contributed by atoms with Crippen LogP contribution in [0.25, 0.3) is 0 Å². The maximum Gasteiger partial charge on any atom is 0.304 e. The summed E-state index contributed by atoms with van der Waals surface area (Å²) in [5.41, 5.74) is 0.0580. The number of thiophene rings is 1. The number of anilines is 1. The molecule has 0 fully saturated rings. The minimum Gasteiger partial charge on any atom is -0.388 e. The van der Waals surface area contributed by atoms with Crippen LogP contribution in [-0.2, 0) is 4.74 Å². The van der Waals surface area contributed by atoms with Crippen LogP contribution < -0.4 is 4.90 Å². The van der Waals surface area contributed by atoms with E-state index in [2.05, 4.69) is 13.8 Å². The molecule has 1 aromatic heterocycles. The second-order valence-corrected chi connectivity index (χ2v) is 6.17. The van der Waals surface area contributed by atoms with Crippen molar-refractivity contribution >= 4 is 22.0 Å². The fourth-order valence-electron chi connectivity index (χ4n) is 1.87. The van der Waals surface area contributed by atoms with Crippen LogP contribution in [0.4, 0.5) is 10.7 Å². The molecular weight excluding hydrogens is 280 g/mol. The van der Waals surface area contributed by atoms with E-state index in [4.69, 9.17) is 4.74 Å². The Morgan fingerprint density at radius 1 is 1.50 bits per heavy atom. The molecule has 6 nitrogen and oxygen atoms in total. The van der Waals surface area contributed by atoms with Gasteiger partial charge in [0.1, 0.15) is 0 Å². The molecule has 114 valence electrons. The lowest BCUT2D eigenvalue weighted by Crippen LogP contribution is -2.30. The summed E-state index contributed by atoms with van der Waals surface area (Å²) in [4.78, 5) is 13.4. The highest BCUT2D eigenvalue weighted by Gasteiger charge is 2.25. The van der Waals surface area contributed by atoms with Crippen LogP contribution in [0.2, 0.25) is 0 Å². The maximum absolute atomic E-state index is 11.2. The fourth-order valence-corrected chi connectivity index (χ4v) is 2.97. The molecule has 7 heteroatoms. The zero-order valence-corrected chi connectivity index (χ0v) is 13.1. The van der Waals surface area contributed by atoms with E-state index in [1.165, 1.54) is 17.4 Å². The second kappa shape index (κ2) is 7.56. The van der Waals surface area contributed by atoms with Crippen molar-refractivity contribution in [3.8, 4) is 0 Å². The van der Waals surface area contributed by atoms with Gasteiger partial charge in [-0.2, -0.15) is 0 Å². The standard InChI is InChI=1S/C13H22N2O4S/c1-9(2)8-14(5-6-19-4)13-11(15(17)18)7-12(20-13)10(3)16/h7,9-10,16H,5-6,8H2,1-4H3. The third-order valence-corrected chi connectivity index (χ3v) is 4.11. The first-order valence-corrected chi connectivity index (χ1v) is 7.38. The molecule has 1 N–H and O–H groups in total. The number of aliphatic hydroxyl groups excluding tert-OH is 1. The van der Waals surface area contributed by atoms with E-state index in [0.29, 0.717) is 35.5 Å². The van der Waals surface area contributed by atoms with Gasteiger partial charge in [-0.05, 0) is 12.8 Å². The van der Waals surface area contributed by atoms with Gasteiger partial charge in [-0.3, -0.25) is 10.1 Å². The van der Waals surface area contributed by atoms with Crippen molar-refractivity contribution in [3.05, 3.63) is 21.1 Å². The molecule has 20 heavy (non-hydrogen) atoms. The molecule has 0 saturated carbocycles. The molecule has 0 amide bonds. The molecule has 1 unspecified atom stereocenters. The molecule has 0 spiro atoms. The Morgan fingerprint density at radius 3 is 2.60 bits per heavy atom. The normalized spacial score (nSPS) is 12.7. The van der Waals surface area contributed by atoms with Crippen molar-refractivity contribution in [2.45, 2.75) is 26.9 Å². The summed E-state index contributed by atoms with van der Waals surface area (Å²) in [5, 5.41) is 21.4. The van der Waals surface area contributed by atoms with E-state index in [9.17, 15) is 15.2 Å². The third-order valence-electron chi connectivity index (χ3n) is 2.76. The van der Waals surface area contributed by atoms with E-state index >= 15 is 0 Å². The number of nitrogens with zero attached hydrogens (tertiary/aromatic N) is 2. The molecule has 1 heterocycles. The van der Waals surface area contributed by atoms with Crippen LogP contribution in [0.1, 0.15) is 31.8 Å². The maximum atomic E-state index is 11.2. The monoisotopic (exact) mass is 302 g/mol. The van der Waals surface area contributed by atoms with Gasteiger partial charge in [0, 0.05) is 31.1 Å². The zero-order valence-electron chi connectivity index (χ0n) is 12.3. The van der Waals surface area contributed by atoms with Crippen LogP contribution in [-0.4, -0.2) is 36.8 Å². The Bertz CT molecular complexity index is 446. The molecule has 0 bridgehead atoms. The summed E-state index contributed by atoms with van der Waals surface area (Å²) in [5.74, 6) is 0.378. The third kappa shape index (κ3) is 4.43. The number of methoxy groups -OCH3 is 1. The van der Waals surface area contributed by atoms with E-state index in [-0.39, 0.29) is 5.69 Å². The number of rotatable bonds is 8. The molecule has 0 radical (unpaired) electrons. The SMILES string of the molecule is COCCN(CC(C)C)c1sc(C(C)O)cc1[N+](=O)[O-]. The van der Waals surface area contributed by atoms with Gasteiger partial charge in [-0.1, -0.05) is 13.8 Å². The Morgan fingerprint density at radius 2 is 2.15 bits per heavy atom. The predicted octanol–water partition coefficient (Wildman–Crippen LogP) is 2.82. The Kier molecular flexibility index (Phi) is 6.38. The first kappa shape index (κ1) is 16.9. The number of hydrogen-bond acceptors (Lipinski definition) is 6. The Hall–Kier alpha value is -1.18. The van der Waals surface area contributed by atoms with Gasteiger partial charge in [-0.15, -0.1) is 11.3 Å². The molecule has 1 rings (SSSR count). The minimum atomic E-state index is -0.698. The zero-order chi connectivity index (χ0) is 15.3. The molecular formula is C13H22N2O4S. The van der Waals surface area contributed by atoms with E-state index in [1.54, 1.807) is 14.0 Å². The Balaban J connectivity index is 3.12. The van der Waals surface area contributed by atoms with Crippen LogP contribution in [0.15, 0.2) is 6.07 Å². The van der Waals surface area contributed by atoms with E-state index < -0.39 is 11.0 Å². The lowest BCUT2D eigenvalue weighted by molar-refractivity contribution is -0.383. The summed E-state index contributed by atoms with van der Waals surface area (Å²) in [7, 11) is 1.61. The van der Waals surface area contributed by atoms with Gasteiger partial charge < -0.3 is 14.7 Å². The summed E-state index contributed by atoms with van der Waals surface area (Å²) in [6, 6.07) is 1.46. The summed E-state index contributed by atoms with van der Waals surface area (Å²) < 4.78 is 5.07. The molecule has 0 aliphatic rings. The summed E-state index contributed by atoms with van der Waals surface area (Å²) in [6.07, 6.45) is -0.698. The number of ether oxygens (including phenoxy) is 1. The van der Waals surface area contributed by atoms with Crippen molar-refractivity contribution in [3.63, 3.8) is 0 Å². The smallest absolute Gasteiger partial charge is 0.304 e. The van der Waals surface area contributed by atoms with Gasteiger partial charge in [0.05, 0.1) is 17.6 Å². The minimum absolute atomic E-state index is 0.0580. The molecule has 1 aromatic rings. The molecule has 0 aliphatic carbocycles. The second-order valence-electron chi connectivity index (χ2n) is 5.10. The number of hydrogen-bond donors (Lipinski definition) is 1. The van der Waals surface area contributed by atoms with Crippen LogP contribution in [0.3, 0.4) is 0 Å². The van der Waals surface area contributed by atoms with Gasteiger partial charge >= 0.3 is 5.69 Å². The first-order valence-electron chi connectivity index (χ1n) is 6.56. The summed E-state index contributed by atoms with van der Waals surface area (Å²) >= 11 is 1.28. The average Bonchev–Trinajstić information content (AvgIpc) is 2.79. The predicted molar refractivity (Wildman–Crippen MR) is 80.5 cm³/mol. The molecule has 0 aliphatic heterocycles. The topological polar surface area (TPSA) is 75.8 Å². The first-order chi connectivity index (χ1) is 9.36. The van der Waals surface area contributed by atoms with E-state index in [0.717, 1.165) is 0 Å². The van der Waals surface area contributed by atoms with Crippen molar-refractivity contribution in [2.24, 2.45) is 5.92 Å². The average molecular weight is 302 g/mol. The van der Waals surface area contributed by atoms with Gasteiger partial charge in [0.2, 0.25) is 0 Å². The van der Waals surface area contributed by atoms with Gasteiger partial charge in [-0.25, -0.2) is 0 Å². The molecule has 0 saturated heterocycles. The highest BCUT2D eigenvalue weighted by atomic mass is 32.1. The number of aliphatic hydroxyl groups is 1. The van der Waals surface area contributed by atoms with Gasteiger partial charge in [0.15, 0.2) is 5.00 Å². The highest BCUT2D eigenvalue weighted by Crippen LogP contribution is 2.40. The van der Waals surface area contributed by atoms with Crippen LogP contribution in [0.5, 0.6) is 0 Å². The van der Waals surface area contributed by atoms with Crippen molar-refractivity contribution < 1.29 is 14.8 Å². The lowest BCUT2D eigenvalue weighted by Gasteiger charge is -2.24. The summed E-state index contributed by atoms with van der Waals surface area (Å²) in [6.45, 7) is 7.55. The highest BCUT2D eigenvalue weighted by molar-refractivity contribution is 7.16. The lowest BCUT2D eigenvalue weighted by atomic mass is 10.2. The number of nitro groups is 1. The Labute approximate surface area is 123 Å². The molecule has 0 aromatic carbocycles. The quantitative estimate of drug-likeness (QED) is 0.590. The van der Waals surface area contributed by atoms with Crippen molar-refractivity contribution in [1.82, 2.24) is 0 Å². The van der Waals surface area contributed by atoms with Crippen LogP contribution >= 0.6 is 11.3 Å². The molecule has 1 atom stereocenters. The van der Waals surface area contributed by atoms with Crippen molar-refractivity contribution in [1.29, 1.82) is 0 Å². The largest absolute Gasteiger partial charge is 0.388 e.